The molecule has 0 saturated heterocycles. The molecule has 0 amide bonds. The van der Waals surface area contributed by atoms with Gasteiger partial charge in [0.1, 0.15) is 11.3 Å². The lowest BCUT2D eigenvalue weighted by Gasteiger charge is -2.17. The van der Waals surface area contributed by atoms with E-state index in [1.807, 2.05) is 12.2 Å². The van der Waals surface area contributed by atoms with Crippen LogP contribution in [0.15, 0.2) is 16.8 Å². The van der Waals surface area contributed by atoms with E-state index in [1.54, 1.807) is 13.2 Å². The number of unbranched alkanes of at least 4 members (excludes halogenated alkanes) is 1. The van der Waals surface area contributed by atoms with E-state index in [0.29, 0.717) is 17.9 Å². The molecule has 0 N–H and O–H groups in total. The van der Waals surface area contributed by atoms with Crippen LogP contribution in [-0.4, -0.2) is 12.6 Å². The van der Waals surface area contributed by atoms with Crippen molar-refractivity contribution in [3.8, 4) is 0 Å². The maximum absolute atomic E-state index is 12.1. The predicted molar refractivity (Wildman–Crippen MR) is 77.3 cm³/mol. The van der Waals surface area contributed by atoms with Crippen LogP contribution in [0.25, 0.3) is 6.08 Å². The summed E-state index contributed by atoms with van der Waals surface area (Å²) in [4.78, 5) is 12.1. The minimum absolute atomic E-state index is 0.150. The molecule has 1 rings (SSSR count). The molecule has 0 atom stereocenters. The number of furan rings is 1. The topological polar surface area (TPSA) is 39.4 Å². The molecular weight excluding hydrogens is 240 g/mol. The van der Waals surface area contributed by atoms with Crippen molar-refractivity contribution in [2.45, 2.75) is 52.9 Å². The molecule has 19 heavy (non-hydrogen) atoms. The first-order valence-electron chi connectivity index (χ1n) is 6.87. The number of hydrogen-bond acceptors (Lipinski definition) is 3. The number of rotatable bonds is 5. The van der Waals surface area contributed by atoms with E-state index in [9.17, 15) is 4.79 Å². The summed E-state index contributed by atoms with van der Waals surface area (Å²) in [6.45, 7) is 10.5. The Hall–Kier alpha value is -1.51. The lowest BCUT2D eigenvalue weighted by atomic mass is 9.85. The van der Waals surface area contributed by atoms with Crippen molar-refractivity contribution in [3.05, 3.63) is 29.2 Å². The van der Waals surface area contributed by atoms with Gasteiger partial charge in [-0.2, -0.15) is 0 Å². The van der Waals surface area contributed by atoms with Crippen LogP contribution in [0, 0.1) is 0 Å². The average Bonchev–Trinajstić information content (AvgIpc) is 2.73. The lowest BCUT2D eigenvalue weighted by Crippen LogP contribution is -2.17. The van der Waals surface area contributed by atoms with Crippen LogP contribution >= 0.6 is 0 Å². The molecule has 0 radical (unpaired) electrons. The molecular formula is C16H24O3. The van der Waals surface area contributed by atoms with Gasteiger partial charge in [0.05, 0.1) is 12.9 Å². The summed E-state index contributed by atoms with van der Waals surface area (Å²) in [6.07, 6.45) is 7.59. The van der Waals surface area contributed by atoms with Gasteiger partial charge in [0.15, 0.2) is 0 Å². The first kappa shape index (κ1) is 15.5. The summed E-state index contributed by atoms with van der Waals surface area (Å²) < 4.78 is 10.7. The van der Waals surface area contributed by atoms with Gasteiger partial charge < -0.3 is 9.15 Å². The largest absolute Gasteiger partial charge is 0.464 e. The van der Waals surface area contributed by atoms with Gasteiger partial charge >= 0.3 is 5.97 Å². The van der Waals surface area contributed by atoms with Crippen molar-refractivity contribution >= 4 is 12.0 Å². The summed E-state index contributed by atoms with van der Waals surface area (Å²) in [6, 6.07) is 0. The predicted octanol–water partition coefficient (Wildman–Crippen LogP) is 4.57. The van der Waals surface area contributed by atoms with Crippen LogP contribution < -0.4 is 0 Å². The highest BCUT2D eigenvalue weighted by Crippen LogP contribution is 2.31. The second kappa shape index (κ2) is 6.60. The molecule has 1 aromatic rings. The van der Waals surface area contributed by atoms with E-state index in [0.717, 1.165) is 18.4 Å². The summed E-state index contributed by atoms with van der Waals surface area (Å²) in [5.41, 5.74) is 1.30. The molecule has 106 valence electrons. The van der Waals surface area contributed by atoms with Crippen molar-refractivity contribution in [2.75, 3.05) is 6.61 Å². The lowest BCUT2D eigenvalue weighted by molar-refractivity contribution is 0.0522. The Morgan fingerprint density at radius 3 is 2.58 bits per heavy atom. The third-order valence-electron chi connectivity index (χ3n) is 2.83. The van der Waals surface area contributed by atoms with Crippen LogP contribution in [0.4, 0.5) is 0 Å². The first-order chi connectivity index (χ1) is 8.91. The molecule has 0 bridgehead atoms. The summed E-state index contributed by atoms with van der Waals surface area (Å²) >= 11 is 0. The fourth-order valence-electron chi connectivity index (χ4n) is 1.82. The maximum atomic E-state index is 12.1. The zero-order valence-corrected chi connectivity index (χ0v) is 12.6. The second-order valence-corrected chi connectivity index (χ2v) is 5.55. The molecule has 1 aromatic heterocycles. The summed E-state index contributed by atoms with van der Waals surface area (Å²) in [5, 5.41) is 0. The van der Waals surface area contributed by atoms with Crippen molar-refractivity contribution in [3.63, 3.8) is 0 Å². The van der Waals surface area contributed by atoms with Gasteiger partial charge in [0.25, 0.3) is 0 Å². The number of allylic oxidation sites excluding steroid dienone is 1. The van der Waals surface area contributed by atoms with E-state index in [4.69, 9.17) is 9.15 Å². The molecule has 0 unspecified atom stereocenters. The van der Waals surface area contributed by atoms with Crippen molar-refractivity contribution in [2.24, 2.45) is 0 Å². The molecule has 0 aliphatic heterocycles. The van der Waals surface area contributed by atoms with E-state index in [1.165, 1.54) is 0 Å². The minimum Gasteiger partial charge on any atom is -0.464 e. The van der Waals surface area contributed by atoms with Gasteiger partial charge in [-0.1, -0.05) is 40.2 Å². The zero-order chi connectivity index (χ0) is 14.5. The van der Waals surface area contributed by atoms with Gasteiger partial charge in [-0.05, 0) is 24.8 Å². The molecule has 0 aliphatic rings. The van der Waals surface area contributed by atoms with Crippen molar-refractivity contribution in [1.29, 1.82) is 0 Å². The Balaban J connectivity index is 3.18. The number of carbonyl (C=O) groups is 1. The van der Waals surface area contributed by atoms with Crippen molar-refractivity contribution in [1.82, 2.24) is 0 Å². The quantitative estimate of drug-likeness (QED) is 0.731. The van der Waals surface area contributed by atoms with Crippen LogP contribution in [-0.2, 0) is 10.2 Å². The number of carbonyl (C=O) groups excluding carboxylic acids is 1. The second-order valence-electron chi connectivity index (χ2n) is 5.55. The van der Waals surface area contributed by atoms with Crippen LogP contribution in [0.5, 0.6) is 0 Å². The Kier molecular flexibility index (Phi) is 5.40. The SMILES string of the molecule is CCC/C=C/c1occ(C(C)(C)C)c1C(=O)OCC. The minimum atomic E-state index is -0.308. The third-order valence-corrected chi connectivity index (χ3v) is 2.83. The molecule has 3 heteroatoms. The van der Waals surface area contributed by atoms with Gasteiger partial charge in [0.2, 0.25) is 0 Å². The number of esters is 1. The molecule has 0 spiro atoms. The fraction of sp³-hybridized carbons (Fsp3) is 0.562. The van der Waals surface area contributed by atoms with Gasteiger partial charge in [-0.3, -0.25) is 0 Å². The van der Waals surface area contributed by atoms with E-state index in [-0.39, 0.29) is 11.4 Å². The molecule has 0 saturated carbocycles. The molecule has 0 fully saturated rings. The maximum Gasteiger partial charge on any atom is 0.342 e. The zero-order valence-electron chi connectivity index (χ0n) is 12.6. The Morgan fingerprint density at radius 1 is 1.37 bits per heavy atom. The summed E-state index contributed by atoms with van der Waals surface area (Å²) in [7, 11) is 0. The number of hydrogen-bond donors (Lipinski definition) is 0. The highest BCUT2D eigenvalue weighted by atomic mass is 16.5. The van der Waals surface area contributed by atoms with Crippen LogP contribution in [0.2, 0.25) is 0 Å². The molecule has 0 aliphatic carbocycles. The summed E-state index contributed by atoms with van der Waals surface area (Å²) in [5.74, 6) is 0.286. The van der Waals surface area contributed by atoms with Crippen LogP contribution in [0.3, 0.4) is 0 Å². The Bertz CT molecular complexity index is 447. The average molecular weight is 264 g/mol. The highest BCUT2D eigenvalue weighted by Gasteiger charge is 2.28. The van der Waals surface area contributed by atoms with Gasteiger partial charge in [-0.25, -0.2) is 4.79 Å². The Morgan fingerprint density at radius 2 is 2.05 bits per heavy atom. The first-order valence-corrected chi connectivity index (χ1v) is 6.87. The number of ether oxygens (including phenoxy) is 1. The molecule has 0 aromatic carbocycles. The van der Waals surface area contributed by atoms with Crippen LogP contribution in [0.1, 0.15) is 69.1 Å². The van der Waals surface area contributed by atoms with E-state index in [2.05, 4.69) is 27.7 Å². The van der Waals surface area contributed by atoms with Crippen molar-refractivity contribution < 1.29 is 13.9 Å². The standard InChI is InChI=1S/C16H24O3/c1-6-8-9-10-13-14(15(17)18-7-2)12(11-19-13)16(3,4)5/h9-11H,6-8H2,1-5H3/b10-9+. The third kappa shape index (κ3) is 3.98. The molecule has 3 nitrogen and oxygen atoms in total. The molecule has 1 heterocycles. The smallest absolute Gasteiger partial charge is 0.342 e. The van der Waals surface area contributed by atoms with E-state index >= 15 is 0 Å². The van der Waals surface area contributed by atoms with E-state index < -0.39 is 0 Å². The fourth-order valence-corrected chi connectivity index (χ4v) is 1.82. The van der Waals surface area contributed by atoms with Gasteiger partial charge in [0, 0.05) is 5.56 Å². The highest BCUT2D eigenvalue weighted by molar-refractivity contribution is 5.94. The normalized spacial score (nSPS) is 12.1. The Labute approximate surface area is 115 Å². The van der Waals surface area contributed by atoms with Gasteiger partial charge in [-0.15, -0.1) is 0 Å². The monoisotopic (exact) mass is 264 g/mol.